The maximum absolute atomic E-state index is 12.6. The third-order valence-corrected chi connectivity index (χ3v) is 5.36. The molecule has 0 radical (unpaired) electrons. The first-order valence-electron chi connectivity index (χ1n) is 9.12. The highest BCUT2D eigenvalue weighted by molar-refractivity contribution is 5.81. The zero-order chi connectivity index (χ0) is 19.6. The number of aliphatic carboxylic acids is 1. The average Bonchev–Trinajstić information content (AvgIpc) is 2.66. The molecule has 1 aliphatic rings. The lowest BCUT2D eigenvalue weighted by Crippen LogP contribution is -2.44. The quantitative estimate of drug-likeness (QED) is 0.728. The van der Waals surface area contributed by atoms with Crippen molar-refractivity contribution in [2.24, 2.45) is 11.8 Å². The van der Waals surface area contributed by atoms with Crippen LogP contribution in [-0.4, -0.2) is 33.1 Å². The molecule has 1 aromatic carbocycles. The van der Waals surface area contributed by atoms with Crippen molar-refractivity contribution >= 4 is 22.8 Å². The molecule has 0 aliphatic heterocycles. The van der Waals surface area contributed by atoms with E-state index in [1.54, 1.807) is 24.3 Å². The second kappa shape index (κ2) is 7.77. The van der Waals surface area contributed by atoms with Gasteiger partial charge < -0.3 is 15.4 Å². The van der Waals surface area contributed by atoms with Crippen LogP contribution in [0.1, 0.15) is 38.6 Å². The molecule has 0 spiro atoms. The number of rotatable bonds is 5. The van der Waals surface area contributed by atoms with Crippen LogP contribution < -0.4 is 16.6 Å². The van der Waals surface area contributed by atoms with Crippen molar-refractivity contribution in [3.63, 3.8) is 0 Å². The van der Waals surface area contributed by atoms with Crippen molar-refractivity contribution in [1.82, 2.24) is 14.9 Å². The maximum atomic E-state index is 12.6. The maximum Gasteiger partial charge on any atom is 0.329 e. The van der Waals surface area contributed by atoms with E-state index in [1.807, 2.05) is 0 Å². The Bertz CT molecular complexity index is 969. The van der Waals surface area contributed by atoms with E-state index in [0.29, 0.717) is 30.3 Å². The van der Waals surface area contributed by atoms with E-state index in [9.17, 15) is 19.2 Å². The number of aromatic nitrogens is 2. The van der Waals surface area contributed by atoms with E-state index in [-0.39, 0.29) is 11.8 Å². The molecule has 1 aliphatic carbocycles. The fourth-order valence-corrected chi connectivity index (χ4v) is 3.65. The number of amides is 1. The van der Waals surface area contributed by atoms with Crippen LogP contribution in [0.5, 0.6) is 0 Å². The van der Waals surface area contributed by atoms with Gasteiger partial charge in [0.2, 0.25) is 5.91 Å². The van der Waals surface area contributed by atoms with Gasteiger partial charge in [-0.3, -0.25) is 14.4 Å². The highest BCUT2D eigenvalue weighted by Crippen LogP contribution is 2.28. The molecule has 3 rings (SSSR count). The van der Waals surface area contributed by atoms with Gasteiger partial charge in [-0.05, 0) is 50.7 Å². The Kier molecular flexibility index (Phi) is 5.43. The number of hydrogen-bond donors (Lipinski definition) is 3. The molecule has 0 bridgehead atoms. The first-order valence-corrected chi connectivity index (χ1v) is 9.12. The molecule has 1 atom stereocenters. The van der Waals surface area contributed by atoms with Crippen LogP contribution in [0, 0.1) is 11.8 Å². The predicted molar refractivity (Wildman–Crippen MR) is 99.6 cm³/mol. The van der Waals surface area contributed by atoms with Gasteiger partial charge in [0, 0.05) is 6.54 Å². The molecule has 1 saturated carbocycles. The molecule has 1 fully saturated rings. The Morgan fingerprint density at radius 3 is 2.56 bits per heavy atom. The molecule has 2 aromatic rings. The van der Waals surface area contributed by atoms with Gasteiger partial charge in [-0.15, -0.1) is 0 Å². The molecule has 1 heterocycles. The molecular formula is C19H23N3O5. The zero-order valence-electron chi connectivity index (χ0n) is 15.1. The minimum Gasteiger partial charge on any atom is -0.481 e. The number of nitrogens with zero attached hydrogens (tertiary/aromatic N) is 1. The second-order valence-corrected chi connectivity index (χ2v) is 7.13. The van der Waals surface area contributed by atoms with Gasteiger partial charge in [0.05, 0.1) is 16.8 Å². The number of fused-ring (bicyclic) bond motifs is 1. The summed E-state index contributed by atoms with van der Waals surface area (Å²) in [5.41, 5.74) is -0.686. The van der Waals surface area contributed by atoms with Gasteiger partial charge in [0.25, 0.3) is 5.56 Å². The highest BCUT2D eigenvalue weighted by Gasteiger charge is 2.27. The summed E-state index contributed by atoms with van der Waals surface area (Å²) in [6.45, 7) is 1.93. The zero-order valence-corrected chi connectivity index (χ0v) is 15.1. The summed E-state index contributed by atoms with van der Waals surface area (Å²) in [6.07, 6.45) is 2.69. The van der Waals surface area contributed by atoms with Crippen molar-refractivity contribution in [2.45, 2.75) is 38.6 Å². The van der Waals surface area contributed by atoms with Crippen LogP contribution in [0.2, 0.25) is 0 Å². The van der Waals surface area contributed by atoms with E-state index in [4.69, 9.17) is 5.11 Å². The first-order chi connectivity index (χ1) is 12.9. The summed E-state index contributed by atoms with van der Waals surface area (Å²) in [7, 11) is 0. The molecule has 8 heteroatoms. The number of para-hydroxylation sites is 1. The molecule has 1 amide bonds. The molecule has 27 heavy (non-hydrogen) atoms. The number of carbonyl (C=O) groups excluding carboxylic acids is 1. The van der Waals surface area contributed by atoms with Gasteiger partial charge in [0.1, 0.15) is 6.04 Å². The SMILES string of the molecule is C[C@@H](C(=O)NCC1CCC(C(=O)O)CC1)n1c(=O)[nH]c2ccccc2c1=O. The third-order valence-electron chi connectivity index (χ3n) is 5.36. The minimum absolute atomic E-state index is 0.211. The van der Waals surface area contributed by atoms with E-state index in [2.05, 4.69) is 10.3 Å². The summed E-state index contributed by atoms with van der Waals surface area (Å²) in [5, 5.41) is 12.2. The number of carboxylic acids is 1. The smallest absolute Gasteiger partial charge is 0.329 e. The topological polar surface area (TPSA) is 121 Å². The van der Waals surface area contributed by atoms with Crippen molar-refractivity contribution in [3.8, 4) is 0 Å². The number of benzene rings is 1. The largest absolute Gasteiger partial charge is 0.481 e. The minimum atomic E-state index is -0.943. The Hall–Kier alpha value is -2.90. The Morgan fingerprint density at radius 1 is 1.22 bits per heavy atom. The number of carbonyl (C=O) groups is 2. The summed E-state index contributed by atoms with van der Waals surface area (Å²) in [4.78, 5) is 51.0. The lowest BCUT2D eigenvalue weighted by Gasteiger charge is -2.26. The monoisotopic (exact) mass is 373 g/mol. The van der Waals surface area contributed by atoms with E-state index in [0.717, 1.165) is 17.4 Å². The molecule has 1 aromatic heterocycles. The second-order valence-electron chi connectivity index (χ2n) is 7.13. The summed E-state index contributed by atoms with van der Waals surface area (Å²) < 4.78 is 0.930. The number of nitrogens with one attached hydrogen (secondary N) is 2. The lowest BCUT2D eigenvalue weighted by molar-refractivity contribution is -0.143. The van der Waals surface area contributed by atoms with E-state index < -0.39 is 29.2 Å². The van der Waals surface area contributed by atoms with Crippen molar-refractivity contribution in [3.05, 3.63) is 45.1 Å². The summed E-state index contributed by atoms with van der Waals surface area (Å²) in [5.74, 6) is -1.26. The molecular weight excluding hydrogens is 350 g/mol. The Labute approximate surface area is 155 Å². The van der Waals surface area contributed by atoms with Crippen LogP contribution in [-0.2, 0) is 9.59 Å². The van der Waals surface area contributed by atoms with Gasteiger partial charge in [-0.25, -0.2) is 9.36 Å². The molecule has 0 unspecified atom stereocenters. The van der Waals surface area contributed by atoms with E-state index >= 15 is 0 Å². The van der Waals surface area contributed by atoms with E-state index in [1.165, 1.54) is 6.92 Å². The molecule has 0 saturated heterocycles. The average molecular weight is 373 g/mol. The summed E-state index contributed by atoms with van der Waals surface area (Å²) in [6, 6.07) is 5.72. The van der Waals surface area contributed by atoms with Gasteiger partial charge in [-0.2, -0.15) is 0 Å². The fourth-order valence-electron chi connectivity index (χ4n) is 3.65. The number of hydrogen-bond acceptors (Lipinski definition) is 4. The normalized spacial score (nSPS) is 20.9. The molecule has 3 N–H and O–H groups in total. The number of aromatic amines is 1. The van der Waals surface area contributed by atoms with Crippen molar-refractivity contribution in [2.75, 3.05) is 6.54 Å². The summed E-state index contributed by atoms with van der Waals surface area (Å²) >= 11 is 0. The Morgan fingerprint density at radius 2 is 1.89 bits per heavy atom. The van der Waals surface area contributed by atoms with Crippen LogP contribution in [0.3, 0.4) is 0 Å². The lowest BCUT2D eigenvalue weighted by atomic mass is 9.82. The van der Waals surface area contributed by atoms with Crippen LogP contribution in [0.15, 0.2) is 33.9 Å². The highest BCUT2D eigenvalue weighted by atomic mass is 16.4. The van der Waals surface area contributed by atoms with Crippen LogP contribution in [0.25, 0.3) is 10.9 Å². The van der Waals surface area contributed by atoms with Crippen LogP contribution >= 0.6 is 0 Å². The third kappa shape index (κ3) is 3.94. The number of H-pyrrole nitrogens is 1. The standard InChI is InChI=1S/C19H23N3O5/c1-11(16(23)20-10-12-6-8-13(9-7-12)18(25)26)22-17(24)14-4-2-3-5-15(14)21-19(22)27/h2-5,11-13H,6-10H2,1H3,(H,20,23)(H,21,27)(H,25,26)/t11-,12?,13?/m0/s1. The van der Waals surface area contributed by atoms with Gasteiger partial charge >= 0.3 is 11.7 Å². The molecule has 144 valence electrons. The van der Waals surface area contributed by atoms with Gasteiger partial charge in [-0.1, -0.05) is 12.1 Å². The van der Waals surface area contributed by atoms with Crippen molar-refractivity contribution < 1.29 is 14.7 Å². The van der Waals surface area contributed by atoms with Gasteiger partial charge in [0.15, 0.2) is 0 Å². The predicted octanol–water partition coefficient (Wildman–Crippen LogP) is 1.26. The van der Waals surface area contributed by atoms with Crippen LogP contribution in [0.4, 0.5) is 0 Å². The number of carboxylic acid groups (broad SMARTS) is 1. The first kappa shape index (κ1) is 18.9. The Balaban J connectivity index is 1.68. The fraction of sp³-hybridized carbons (Fsp3) is 0.474. The molecule has 8 nitrogen and oxygen atoms in total. The van der Waals surface area contributed by atoms with Crippen molar-refractivity contribution in [1.29, 1.82) is 0 Å².